The molecule has 0 fully saturated rings. The van der Waals surface area contributed by atoms with Crippen molar-refractivity contribution in [2.75, 3.05) is 0 Å². The number of fused-ring (bicyclic) bond motifs is 1. The second-order valence-corrected chi connectivity index (χ2v) is 8.85. The topological polar surface area (TPSA) is 0 Å². The second-order valence-electron chi connectivity index (χ2n) is 6.41. The van der Waals surface area contributed by atoms with E-state index in [9.17, 15) is 0 Å². The van der Waals surface area contributed by atoms with Gasteiger partial charge in [0.1, 0.15) is 0 Å². The van der Waals surface area contributed by atoms with E-state index >= 15 is 0 Å². The summed E-state index contributed by atoms with van der Waals surface area (Å²) in [5.74, 6) is 0.481. The minimum absolute atomic E-state index is 0. The number of allylic oxidation sites excluding steroid dienone is 1. The Morgan fingerprint density at radius 3 is 1.71 bits per heavy atom. The normalized spacial score (nSPS) is 13.8. The number of hydrogen-bond donors (Lipinski definition) is 0. The van der Waals surface area contributed by atoms with Crippen molar-refractivity contribution in [2.24, 2.45) is 0 Å². The van der Waals surface area contributed by atoms with Gasteiger partial charge >= 0.3 is 21.7 Å². The number of hydrogen-bond acceptors (Lipinski definition) is 0. The van der Waals surface area contributed by atoms with Gasteiger partial charge in [-0.05, 0) is 0 Å². The summed E-state index contributed by atoms with van der Waals surface area (Å²) in [6.07, 6.45) is 3.68. The predicted octanol–water partition coefficient (Wildman–Crippen LogP) is -5.57. The third-order valence-electron chi connectivity index (χ3n) is 4.93. The summed E-state index contributed by atoms with van der Waals surface area (Å²) in [6, 6.07) is 28.7. The monoisotopic (exact) mass is 477 g/mol. The molecule has 1 atom stereocenters. The fourth-order valence-electron chi connectivity index (χ4n) is 3.50. The maximum absolute atomic E-state index is 3.68. The average molecular weight is 479 g/mol. The molecule has 1 unspecified atom stereocenters. The quantitative estimate of drug-likeness (QED) is 0.200. The van der Waals surface area contributed by atoms with Gasteiger partial charge in [0.05, 0.1) is 8.80 Å². The van der Waals surface area contributed by atoms with Crippen LogP contribution < -0.4 is 52.8 Å². The van der Waals surface area contributed by atoms with Gasteiger partial charge in [-0.1, -0.05) is 96.9 Å². The van der Waals surface area contributed by atoms with E-state index in [2.05, 4.69) is 98.8 Å². The maximum Gasteiger partial charge on any atom is 4.00 e. The zero-order chi connectivity index (χ0) is 16.5. The molecule has 0 spiro atoms. The SMILES string of the molecule is CC1=[C-]c2c(cccc2[Si](c2ccccc2)c2ccccc2)C1C.[Cl-].[Cl-].[Cl-].[Ti+4]. The van der Waals surface area contributed by atoms with Gasteiger partial charge in [-0.3, -0.25) is 0 Å². The summed E-state index contributed by atoms with van der Waals surface area (Å²) >= 11 is 0. The van der Waals surface area contributed by atoms with Crippen molar-refractivity contribution in [1.29, 1.82) is 0 Å². The summed E-state index contributed by atoms with van der Waals surface area (Å²) in [6.45, 7) is 4.49. The summed E-state index contributed by atoms with van der Waals surface area (Å²) in [7, 11) is -1.02. The first-order valence-electron chi connectivity index (χ1n) is 8.47. The molecule has 1 aliphatic rings. The molecule has 3 aromatic rings. The zero-order valence-corrected chi connectivity index (χ0v) is 20.5. The van der Waals surface area contributed by atoms with E-state index in [1.807, 2.05) is 0 Å². The van der Waals surface area contributed by atoms with Crippen LogP contribution in [0.5, 0.6) is 0 Å². The third-order valence-corrected chi connectivity index (χ3v) is 7.71. The Morgan fingerprint density at radius 1 is 0.714 bits per heavy atom. The van der Waals surface area contributed by atoms with Crippen molar-refractivity contribution >= 4 is 24.4 Å². The molecule has 0 N–H and O–H groups in total. The summed E-state index contributed by atoms with van der Waals surface area (Å²) in [5.41, 5.74) is 4.11. The van der Waals surface area contributed by atoms with Gasteiger partial charge in [-0.25, -0.2) is 0 Å². The molecule has 0 aliphatic heterocycles. The van der Waals surface area contributed by atoms with Crippen LogP contribution in [-0.2, 0) is 21.7 Å². The van der Waals surface area contributed by atoms with Gasteiger partial charge < -0.3 is 37.2 Å². The Hall–Kier alpha value is -0.799. The Balaban J connectivity index is 0.00000182. The van der Waals surface area contributed by atoms with Gasteiger partial charge in [0.2, 0.25) is 0 Å². The van der Waals surface area contributed by atoms with Crippen LogP contribution in [0.15, 0.2) is 84.4 Å². The van der Waals surface area contributed by atoms with E-state index in [4.69, 9.17) is 0 Å². The molecule has 0 aromatic heterocycles. The van der Waals surface area contributed by atoms with Crippen molar-refractivity contribution in [1.82, 2.24) is 0 Å². The van der Waals surface area contributed by atoms with Crippen LogP contribution in [-0.4, -0.2) is 8.80 Å². The number of halogens is 3. The largest absolute Gasteiger partial charge is 4.00 e. The van der Waals surface area contributed by atoms with Crippen molar-refractivity contribution < 1.29 is 58.9 Å². The molecule has 0 bridgehead atoms. The standard InChI is InChI=1S/C23H20Si.3ClH.Ti/c1-17-16-22-21(18(17)2)14-9-15-23(22)24(19-10-5-3-6-11-19)20-12-7-4-8-13-20;;;;/h3-15,18H,1-2H3;3*1H;/q-1;;;;+4/p-3. The summed E-state index contributed by atoms with van der Waals surface area (Å²) < 4.78 is 0. The van der Waals surface area contributed by atoms with Gasteiger partial charge in [0.25, 0.3) is 0 Å². The first kappa shape index (κ1) is 27.2. The van der Waals surface area contributed by atoms with E-state index in [1.54, 1.807) is 0 Å². The molecule has 141 valence electrons. The number of benzene rings is 3. The van der Waals surface area contributed by atoms with E-state index in [-0.39, 0.29) is 58.9 Å². The molecule has 5 heteroatoms. The number of rotatable bonds is 3. The second kappa shape index (κ2) is 12.0. The summed E-state index contributed by atoms with van der Waals surface area (Å²) in [5, 5.41) is 4.32. The molecule has 0 heterocycles. The molecule has 1 radical (unpaired) electrons. The Bertz CT molecular complexity index is 859. The van der Waals surface area contributed by atoms with E-state index < -0.39 is 8.80 Å². The van der Waals surface area contributed by atoms with E-state index in [0.29, 0.717) is 5.92 Å². The van der Waals surface area contributed by atoms with Crippen LogP contribution in [0.2, 0.25) is 0 Å². The molecule has 3 aromatic carbocycles. The van der Waals surface area contributed by atoms with E-state index in [0.717, 1.165) is 0 Å². The van der Waals surface area contributed by atoms with Gasteiger partial charge in [0, 0.05) is 0 Å². The van der Waals surface area contributed by atoms with Crippen LogP contribution >= 0.6 is 0 Å². The zero-order valence-electron chi connectivity index (χ0n) is 15.7. The van der Waals surface area contributed by atoms with Crippen molar-refractivity contribution in [2.45, 2.75) is 19.8 Å². The minimum Gasteiger partial charge on any atom is -1.00 e. The average Bonchev–Trinajstić information content (AvgIpc) is 2.93. The molecule has 28 heavy (non-hydrogen) atoms. The first-order chi connectivity index (χ1) is 11.8. The molecule has 0 nitrogen and oxygen atoms in total. The third kappa shape index (κ3) is 5.21. The van der Waals surface area contributed by atoms with Crippen molar-refractivity contribution in [3.63, 3.8) is 0 Å². The van der Waals surface area contributed by atoms with E-state index in [1.165, 1.54) is 32.3 Å². The summed E-state index contributed by atoms with van der Waals surface area (Å²) in [4.78, 5) is 0. The molecule has 0 amide bonds. The van der Waals surface area contributed by atoms with Crippen LogP contribution in [0.3, 0.4) is 0 Å². The smallest absolute Gasteiger partial charge is 1.00 e. The minimum atomic E-state index is -1.02. The predicted molar refractivity (Wildman–Crippen MR) is 104 cm³/mol. The molecule has 1 aliphatic carbocycles. The fourth-order valence-corrected chi connectivity index (χ4v) is 6.23. The maximum atomic E-state index is 3.68. The molecule has 0 saturated carbocycles. The van der Waals surface area contributed by atoms with Gasteiger partial charge in [0.15, 0.2) is 0 Å². The Labute approximate surface area is 203 Å². The van der Waals surface area contributed by atoms with Gasteiger partial charge in [-0.15, -0.1) is 28.5 Å². The molecule has 0 saturated heterocycles. The Morgan fingerprint density at radius 2 is 1.21 bits per heavy atom. The van der Waals surface area contributed by atoms with Crippen molar-refractivity contribution in [3.8, 4) is 0 Å². The van der Waals surface area contributed by atoms with Crippen LogP contribution in [0.4, 0.5) is 0 Å². The van der Waals surface area contributed by atoms with Gasteiger partial charge in [-0.2, -0.15) is 11.6 Å². The van der Waals surface area contributed by atoms with Crippen LogP contribution in [0, 0.1) is 6.08 Å². The van der Waals surface area contributed by atoms with Crippen LogP contribution in [0.25, 0.3) is 0 Å². The fraction of sp³-hybridized carbons (Fsp3) is 0.130. The first-order valence-corrected chi connectivity index (χ1v) is 9.97. The van der Waals surface area contributed by atoms with Crippen LogP contribution in [0.1, 0.15) is 30.9 Å². The Kier molecular flexibility index (Phi) is 11.7. The molecule has 4 rings (SSSR count). The van der Waals surface area contributed by atoms with Crippen molar-refractivity contribution in [3.05, 3.63) is 102 Å². The molecular weight excluding hydrogens is 459 g/mol. The molecular formula is C23H20Cl3SiTi.